The Bertz CT molecular complexity index is 1190. The summed E-state index contributed by atoms with van der Waals surface area (Å²) in [5, 5.41) is 12.1. The molecular weight excluding hydrogens is 482 g/mol. The van der Waals surface area contributed by atoms with Crippen LogP contribution in [0.2, 0.25) is 0 Å². The number of halogens is 4. The van der Waals surface area contributed by atoms with Gasteiger partial charge in [-0.3, -0.25) is 14.5 Å². The van der Waals surface area contributed by atoms with Crippen molar-refractivity contribution in [3.05, 3.63) is 41.0 Å². The molecule has 0 unspecified atom stereocenters. The van der Waals surface area contributed by atoms with E-state index in [0.717, 1.165) is 28.4 Å². The zero-order chi connectivity index (χ0) is 25.2. The number of aromatic nitrogens is 1. The molecule has 4 amide bonds. The number of carbonyl (C=O) groups is 3. The molecule has 9 nitrogen and oxygen atoms in total. The molecule has 0 atom stereocenters. The first-order valence-electron chi connectivity index (χ1n) is 9.48. The summed E-state index contributed by atoms with van der Waals surface area (Å²) in [4.78, 5) is 42.9. The van der Waals surface area contributed by atoms with E-state index in [1.807, 2.05) is 0 Å². The summed E-state index contributed by atoms with van der Waals surface area (Å²) in [6, 6.07) is 2.27. The van der Waals surface area contributed by atoms with Crippen molar-refractivity contribution in [3.8, 4) is 17.0 Å². The molecule has 34 heavy (non-hydrogen) atoms. The molecule has 3 rings (SSSR count). The molecule has 1 aromatic carbocycles. The number of carbonyl (C=O) groups excluding carboxylic acids is 3. The van der Waals surface area contributed by atoms with Gasteiger partial charge in [0.2, 0.25) is 5.91 Å². The smallest absolute Gasteiger partial charge is 0.403 e. The van der Waals surface area contributed by atoms with Crippen LogP contribution in [0.15, 0.2) is 35.2 Å². The average Bonchev–Trinajstić information content (AvgIpc) is 3.17. The normalized spacial score (nSPS) is 14.6. The third kappa shape index (κ3) is 5.75. The molecule has 14 heteroatoms. The van der Waals surface area contributed by atoms with E-state index >= 15 is 0 Å². The Balaban J connectivity index is 1.66. The van der Waals surface area contributed by atoms with E-state index in [9.17, 15) is 31.9 Å². The van der Waals surface area contributed by atoms with Gasteiger partial charge in [-0.2, -0.15) is 0 Å². The molecular formula is C20H17F4N5O4S. The molecule has 1 aliphatic rings. The van der Waals surface area contributed by atoms with Crippen LogP contribution in [0.25, 0.3) is 11.3 Å². The molecule has 0 aliphatic carbocycles. The van der Waals surface area contributed by atoms with Gasteiger partial charge in [0.15, 0.2) is 16.7 Å². The number of alkyl halides is 3. The van der Waals surface area contributed by atoms with Crippen LogP contribution >= 0.6 is 11.3 Å². The molecule has 0 saturated heterocycles. The van der Waals surface area contributed by atoms with Gasteiger partial charge < -0.3 is 20.4 Å². The zero-order valence-electron chi connectivity index (χ0n) is 17.7. The van der Waals surface area contributed by atoms with Gasteiger partial charge in [-0.1, -0.05) is 6.08 Å². The first-order chi connectivity index (χ1) is 15.9. The Morgan fingerprint density at radius 2 is 2.00 bits per heavy atom. The highest BCUT2D eigenvalue weighted by Gasteiger charge is 2.32. The lowest BCUT2D eigenvalue weighted by Crippen LogP contribution is -2.41. The summed E-state index contributed by atoms with van der Waals surface area (Å²) in [6.45, 7) is 0.0907. The van der Waals surface area contributed by atoms with Crippen molar-refractivity contribution in [3.63, 3.8) is 0 Å². The molecule has 2 N–H and O–H groups in total. The van der Waals surface area contributed by atoms with Crippen molar-refractivity contribution in [1.29, 1.82) is 5.41 Å². The third-order valence-corrected chi connectivity index (χ3v) is 5.34. The monoisotopic (exact) mass is 499 g/mol. The minimum absolute atomic E-state index is 0.0770. The van der Waals surface area contributed by atoms with Crippen LogP contribution in [0.3, 0.4) is 0 Å². The summed E-state index contributed by atoms with van der Waals surface area (Å²) in [5.41, 5.74) is -0.0245. The lowest BCUT2D eigenvalue weighted by molar-refractivity contribution is -0.275. The van der Waals surface area contributed by atoms with Crippen molar-refractivity contribution in [1.82, 2.24) is 14.8 Å². The van der Waals surface area contributed by atoms with Crippen molar-refractivity contribution >= 4 is 40.0 Å². The number of amides is 4. The molecule has 0 fully saturated rings. The van der Waals surface area contributed by atoms with Crippen LogP contribution in [-0.4, -0.2) is 65.3 Å². The summed E-state index contributed by atoms with van der Waals surface area (Å²) in [6.07, 6.45) is -4.12. The van der Waals surface area contributed by atoms with Gasteiger partial charge in [-0.25, -0.2) is 14.2 Å². The number of anilines is 1. The number of benzene rings is 1. The molecule has 1 aromatic heterocycles. The van der Waals surface area contributed by atoms with Gasteiger partial charge in [0.1, 0.15) is 0 Å². The fourth-order valence-corrected chi connectivity index (χ4v) is 3.66. The Hall–Kier alpha value is -3.81. The van der Waals surface area contributed by atoms with E-state index in [4.69, 9.17) is 5.41 Å². The van der Waals surface area contributed by atoms with Crippen molar-refractivity contribution in [2.45, 2.75) is 12.8 Å². The highest BCUT2D eigenvalue weighted by atomic mass is 32.1. The van der Waals surface area contributed by atoms with Gasteiger partial charge in [0.25, 0.3) is 5.91 Å². The Kier molecular flexibility index (Phi) is 7.00. The van der Waals surface area contributed by atoms with Gasteiger partial charge in [-0.05, 0) is 18.2 Å². The summed E-state index contributed by atoms with van der Waals surface area (Å²) < 4.78 is 54.3. The standard InChI is InChI=1S/C20H17F4N5O4S/c1-28-6-5-11(17(31)29(2)19(28)32)13(25)8-16(30)27-18-26-14(9-34-18)10-3-4-15(12(21)7-10)33-20(22,23)24/h3-5,7,9,25H,6,8H2,1-2H3,(H,26,27,30). The predicted octanol–water partition coefficient (Wildman–Crippen LogP) is 3.65. The van der Waals surface area contributed by atoms with E-state index in [1.54, 1.807) is 0 Å². The highest BCUT2D eigenvalue weighted by molar-refractivity contribution is 7.14. The summed E-state index contributed by atoms with van der Waals surface area (Å²) >= 11 is 0.972. The fraction of sp³-hybridized carbons (Fsp3) is 0.250. The molecule has 0 saturated carbocycles. The number of nitrogens with one attached hydrogen (secondary N) is 2. The van der Waals surface area contributed by atoms with Crippen LogP contribution in [0.5, 0.6) is 5.75 Å². The summed E-state index contributed by atoms with van der Waals surface area (Å²) in [5.74, 6) is -3.59. The molecule has 2 heterocycles. The van der Waals surface area contributed by atoms with E-state index in [1.165, 1.54) is 36.5 Å². The fourth-order valence-electron chi connectivity index (χ4n) is 2.92. The van der Waals surface area contributed by atoms with Gasteiger partial charge in [0, 0.05) is 31.6 Å². The van der Waals surface area contributed by atoms with Gasteiger partial charge in [0.05, 0.1) is 23.4 Å². The molecule has 0 bridgehead atoms. The largest absolute Gasteiger partial charge is 0.573 e. The quantitative estimate of drug-likeness (QED) is 0.465. The predicted molar refractivity (Wildman–Crippen MR) is 114 cm³/mol. The van der Waals surface area contributed by atoms with Crippen molar-refractivity contribution in [2.24, 2.45) is 0 Å². The minimum atomic E-state index is -5.04. The lowest BCUT2D eigenvalue weighted by Gasteiger charge is -2.19. The van der Waals surface area contributed by atoms with Gasteiger partial charge >= 0.3 is 12.4 Å². The second-order valence-corrected chi connectivity index (χ2v) is 7.94. The van der Waals surface area contributed by atoms with E-state index in [2.05, 4.69) is 15.0 Å². The lowest BCUT2D eigenvalue weighted by atomic mass is 10.1. The molecule has 180 valence electrons. The number of hydrogen-bond acceptors (Lipinski definition) is 7. The number of ether oxygens (including phenoxy) is 1. The second kappa shape index (κ2) is 9.59. The first kappa shape index (κ1) is 24.8. The Labute approximate surface area is 194 Å². The van der Waals surface area contributed by atoms with E-state index < -0.39 is 42.2 Å². The Morgan fingerprint density at radius 1 is 1.29 bits per heavy atom. The zero-order valence-corrected chi connectivity index (χ0v) is 18.5. The number of imide groups is 1. The van der Waals surface area contributed by atoms with Crippen LogP contribution < -0.4 is 10.1 Å². The number of urea groups is 1. The maximum atomic E-state index is 13.9. The van der Waals surface area contributed by atoms with Crippen molar-refractivity contribution in [2.75, 3.05) is 26.0 Å². The van der Waals surface area contributed by atoms with Crippen LogP contribution in [0.4, 0.5) is 27.5 Å². The highest BCUT2D eigenvalue weighted by Crippen LogP contribution is 2.31. The van der Waals surface area contributed by atoms with Crippen LogP contribution in [-0.2, 0) is 9.59 Å². The van der Waals surface area contributed by atoms with E-state index in [-0.39, 0.29) is 34.2 Å². The number of thiazole rings is 1. The van der Waals surface area contributed by atoms with Crippen LogP contribution in [0.1, 0.15) is 6.42 Å². The molecule has 1 aliphatic heterocycles. The maximum absolute atomic E-state index is 13.9. The topological polar surface area (TPSA) is 116 Å². The number of nitrogens with zero attached hydrogens (tertiary/aromatic N) is 3. The SMILES string of the molecule is CN1CC=C(C(=N)CC(=O)Nc2nc(-c3ccc(OC(F)(F)F)c(F)c3)cs2)C(=O)N(C)C1=O. The first-order valence-corrected chi connectivity index (χ1v) is 10.4. The molecule has 0 radical (unpaired) electrons. The number of hydrogen-bond donors (Lipinski definition) is 2. The van der Waals surface area contributed by atoms with Crippen molar-refractivity contribution < 1.29 is 36.7 Å². The second-order valence-electron chi connectivity index (χ2n) is 7.08. The van der Waals surface area contributed by atoms with E-state index in [0.29, 0.717) is 0 Å². The number of likely N-dealkylation sites (N-methyl/N-ethyl adjacent to an activating group) is 2. The maximum Gasteiger partial charge on any atom is 0.573 e. The minimum Gasteiger partial charge on any atom is -0.403 e. The Morgan fingerprint density at radius 3 is 2.65 bits per heavy atom. The molecule has 2 aromatic rings. The third-order valence-electron chi connectivity index (χ3n) is 4.58. The number of rotatable bonds is 6. The summed E-state index contributed by atoms with van der Waals surface area (Å²) in [7, 11) is 2.76. The molecule has 0 spiro atoms. The van der Waals surface area contributed by atoms with Gasteiger partial charge in [-0.15, -0.1) is 24.5 Å². The average molecular weight is 499 g/mol. The van der Waals surface area contributed by atoms with Crippen LogP contribution in [0, 0.1) is 11.2 Å².